The molecule has 4 atom stereocenters. The van der Waals surface area contributed by atoms with Crippen molar-refractivity contribution in [2.24, 2.45) is 5.92 Å². The number of rotatable bonds is 8. The number of benzene rings is 4. The fourth-order valence-corrected chi connectivity index (χ4v) is 8.97. The lowest BCUT2D eigenvalue weighted by atomic mass is 9.88. The topological polar surface area (TPSA) is 156 Å². The predicted molar refractivity (Wildman–Crippen MR) is 220 cm³/mol. The average Bonchev–Trinajstić information content (AvgIpc) is 3.92. The third-order valence-corrected chi connectivity index (χ3v) is 11.8. The molecule has 3 heterocycles. The zero-order valence-corrected chi connectivity index (χ0v) is 32.9. The molecule has 308 valence electrons. The largest absolute Gasteiger partial charge is 0.480 e. The number of amides is 3. The summed E-state index contributed by atoms with van der Waals surface area (Å²) in [5, 5.41) is 16.5. The summed E-state index contributed by atoms with van der Waals surface area (Å²) in [5.41, 5.74) is 6.85. The number of hydrogen-bond acceptors (Lipinski definition) is 7. The molecule has 0 unspecified atom stereocenters. The van der Waals surface area contributed by atoms with Crippen molar-refractivity contribution in [3.8, 4) is 11.1 Å². The van der Waals surface area contributed by atoms with E-state index in [0.717, 1.165) is 27.8 Å². The summed E-state index contributed by atoms with van der Waals surface area (Å²) in [6, 6.07) is 24.9. The Morgan fingerprint density at radius 2 is 1.68 bits per heavy atom. The highest BCUT2D eigenvalue weighted by Gasteiger charge is 2.45. The summed E-state index contributed by atoms with van der Waals surface area (Å²) < 4.78 is 28.3. The molecule has 3 aliphatic rings. The standard InChI is InChI=1S/C47H45FN4O8/c1-2-17-51-25-31(37-23-32(48)14-15-40(37)51)21-30-22-41(53)39(50-47(58)60-26-38-35-12-5-3-10-33(35)34-11-4-6-13-36(34)38)20-28-8-7-9-29(19-28)24-49-43(54)27-59-42-16-18-52(45(30)55)44(42)46(56)57/h2-15,19,23,25,30,38-39,42,44H,1,16-18,20-22,24,26-27H2,(H,49,54)(H,50,58)(H,56,57)/t30-,39+,42+,44+/m1/s1. The van der Waals surface area contributed by atoms with Crippen LogP contribution < -0.4 is 10.6 Å². The lowest BCUT2D eigenvalue weighted by molar-refractivity contribution is -0.155. The Kier molecular flexibility index (Phi) is 11.6. The van der Waals surface area contributed by atoms with Gasteiger partial charge in [0, 0.05) is 55.0 Å². The van der Waals surface area contributed by atoms with E-state index in [0.29, 0.717) is 28.6 Å². The van der Waals surface area contributed by atoms with Crippen LogP contribution in [-0.2, 0) is 54.6 Å². The molecule has 0 saturated carbocycles. The minimum absolute atomic E-state index is 0.00558. The Morgan fingerprint density at radius 3 is 2.42 bits per heavy atom. The second-order valence-electron chi connectivity index (χ2n) is 15.6. The maximum Gasteiger partial charge on any atom is 0.407 e. The van der Waals surface area contributed by atoms with E-state index in [9.17, 15) is 33.5 Å². The van der Waals surface area contributed by atoms with E-state index in [4.69, 9.17) is 9.47 Å². The van der Waals surface area contributed by atoms with Crippen LogP contribution in [0, 0.1) is 11.7 Å². The number of allylic oxidation sites excluding steroid dienone is 1. The molecule has 0 spiro atoms. The molecule has 1 aromatic heterocycles. The third kappa shape index (κ3) is 8.30. The van der Waals surface area contributed by atoms with E-state index >= 15 is 0 Å². The Morgan fingerprint density at radius 1 is 0.950 bits per heavy atom. The Balaban J connectivity index is 1.12. The molecule has 12 nitrogen and oxygen atoms in total. The summed E-state index contributed by atoms with van der Waals surface area (Å²) in [4.78, 5) is 70.0. The first-order valence-corrected chi connectivity index (χ1v) is 20.1. The van der Waals surface area contributed by atoms with Crippen LogP contribution in [0.15, 0.2) is 110 Å². The molecule has 1 saturated heterocycles. The Bertz CT molecular complexity index is 2450. The van der Waals surface area contributed by atoms with Gasteiger partial charge in [-0.25, -0.2) is 14.0 Å². The summed E-state index contributed by atoms with van der Waals surface area (Å²) >= 11 is 0. The first kappa shape index (κ1) is 40.2. The second kappa shape index (κ2) is 17.3. The van der Waals surface area contributed by atoms with Gasteiger partial charge in [-0.15, -0.1) is 6.58 Å². The third-order valence-electron chi connectivity index (χ3n) is 11.8. The van der Waals surface area contributed by atoms with Gasteiger partial charge in [-0.2, -0.15) is 0 Å². The second-order valence-corrected chi connectivity index (χ2v) is 15.6. The number of alkyl carbamates (subject to hydrolysis) is 1. The molecular weight excluding hydrogens is 768 g/mol. The number of ether oxygens (including phenoxy) is 2. The number of hydrogen-bond donors (Lipinski definition) is 3. The van der Waals surface area contributed by atoms with E-state index < -0.39 is 66.2 Å². The number of ketones is 1. The van der Waals surface area contributed by atoms with Crippen molar-refractivity contribution in [2.45, 2.75) is 62.9 Å². The number of Topliss-reactive ketones (excluding diaryl/α,β-unsaturated/α-hetero) is 1. The number of carbonyl (C=O) groups is 5. The van der Waals surface area contributed by atoms with Crippen LogP contribution in [0.1, 0.15) is 46.6 Å². The van der Waals surface area contributed by atoms with Crippen LogP contribution in [-0.4, -0.2) is 82.2 Å². The molecule has 2 aliphatic heterocycles. The molecular formula is C47H45FN4O8. The maximum absolute atomic E-state index is 14.7. The predicted octanol–water partition coefficient (Wildman–Crippen LogP) is 5.93. The van der Waals surface area contributed by atoms with Gasteiger partial charge < -0.3 is 34.7 Å². The van der Waals surface area contributed by atoms with Crippen molar-refractivity contribution < 1.29 is 42.9 Å². The summed E-state index contributed by atoms with van der Waals surface area (Å²) in [6.45, 7) is 3.96. The van der Waals surface area contributed by atoms with E-state index in [-0.39, 0.29) is 51.3 Å². The zero-order chi connectivity index (χ0) is 41.9. The van der Waals surface area contributed by atoms with Gasteiger partial charge in [0.05, 0.1) is 12.1 Å². The monoisotopic (exact) mass is 812 g/mol. The molecule has 1 aliphatic carbocycles. The maximum atomic E-state index is 14.7. The number of carbonyl (C=O) groups excluding carboxylic acids is 4. The number of fused-ring (bicyclic) bond motifs is 8. The first-order chi connectivity index (χ1) is 29.1. The van der Waals surface area contributed by atoms with Crippen molar-refractivity contribution >= 4 is 40.6 Å². The van der Waals surface area contributed by atoms with Gasteiger partial charge >= 0.3 is 12.1 Å². The van der Waals surface area contributed by atoms with Gasteiger partial charge in [-0.3, -0.25) is 14.4 Å². The van der Waals surface area contributed by atoms with Crippen molar-refractivity contribution in [3.05, 3.63) is 143 Å². The molecule has 5 aromatic rings. The number of nitrogens with one attached hydrogen (secondary N) is 2. The van der Waals surface area contributed by atoms with Crippen LogP contribution in [0.25, 0.3) is 22.0 Å². The van der Waals surface area contributed by atoms with Crippen molar-refractivity contribution in [2.75, 3.05) is 19.8 Å². The Hall–Kier alpha value is -6.60. The van der Waals surface area contributed by atoms with E-state index in [2.05, 4.69) is 17.2 Å². The smallest absolute Gasteiger partial charge is 0.407 e. The number of halogens is 1. The quantitative estimate of drug-likeness (QED) is 0.163. The molecule has 4 aromatic carbocycles. The molecule has 1 fully saturated rings. The van der Waals surface area contributed by atoms with E-state index in [1.807, 2.05) is 65.2 Å². The van der Waals surface area contributed by atoms with Gasteiger partial charge in [0.25, 0.3) is 0 Å². The van der Waals surface area contributed by atoms with Crippen LogP contribution in [0.3, 0.4) is 0 Å². The Labute approximate surface area is 346 Å². The van der Waals surface area contributed by atoms with Crippen molar-refractivity contribution in [1.29, 1.82) is 0 Å². The molecule has 60 heavy (non-hydrogen) atoms. The lowest BCUT2D eigenvalue weighted by Crippen LogP contribution is -2.50. The molecule has 0 radical (unpaired) electrons. The zero-order valence-electron chi connectivity index (χ0n) is 32.9. The van der Waals surface area contributed by atoms with Crippen LogP contribution in [0.4, 0.5) is 9.18 Å². The van der Waals surface area contributed by atoms with Crippen LogP contribution in [0.2, 0.25) is 0 Å². The normalized spacial score (nSPS) is 20.9. The number of carboxylic acids is 1. The summed E-state index contributed by atoms with van der Waals surface area (Å²) in [6.07, 6.45) is 1.42. The summed E-state index contributed by atoms with van der Waals surface area (Å²) in [7, 11) is 0. The highest BCUT2D eigenvalue weighted by Crippen LogP contribution is 2.44. The molecule has 8 rings (SSSR count). The SMILES string of the molecule is C=CCn1cc(C[C@@H]2CC(=O)[C@@H](NC(=O)OCC3c4ccccc4-c4ccccc43)Cc3cccc(c3)CNC(=O)CO[C@H]3CCN(C2=O)[C@@H]3C(=O)O)c2cc(F)ccc21. The highest BCUT2D eigenvalue weighted by atomic mass is 19.1. The van der Waals surface area contributed by atoms with E-state index in [1.54, 1.807) is 30.5 Å². The van der Waals surface area contributed by atoms with Crippen LogP contribution >= 0.6 is 0 Å². The lowest BCUT2D eigenvalue weighted by Gasteiger charge is -2.29. The van der Waals surface area contributed by atoms with Crippen molar-refractivity contribution in [3.63, 3.8) is 0 Å². The minimum atomic E-state index is -1.43. The number of nitrogens with zero attached hydrogens (tertiary/aromatic N) is 2. The highest BCUT2D eigenvalue weighted by molar-refractivity contribution is 5.94. The number of carboxylic acid groups (broad SMARTS) is 1. The molecule has 3 N–H and O–H groups in total. The van der Waals surface area contributed by atoms with Gasteiger partial charge in [-0.05, 0) is 76.4 Å². The minimum Gasteiger partial charge on any atom is -0.480 e. The fourth-order valence-electron chi connectivity index (χ4n) is 8.97. The summed E-state index contributed by atoms with van der Waals surface area (Å²) in [5.74, 6) is -4.71. The van der Waals surface area contributed by atoms with E-state index in [1.165, 1.54) is 17.0 Å². The molecule has 4 bridgehead atoms. The molecule has 13 heteroatoms. The van der Waals surface area contributed by atoms with Crippen molar-refractivity contribution in [1.82, 2.24) is 20.1 Å². The van der Waals surface area contributed by atoms with Gasteiger partial charge in [-0.1, -0.05) is 78.9 Å². The van der Waals surface area contributed by atoms with Gasteiger partial charge in [0.2, 0.25) is 11.8 Å². The fraction of sp³-hybridized carbons (Fsp3) is 0.298. The van der Waals surface area contributed by atoms with Gasteiger partial charge in [0.15, 0.2) is 11.8 Å². The number of aromatic nitrogens is 1. The molecule has 3 amide bonds. The number of aliphatic carboxylic acids is 1. The van der Waals surface area contributed by atoms with Gasteiger partial charge in [0.1, 0.15) is 19.0 Å². The average molecular weight is 813 g/mol. The van der Waals surface area contributed by atoms with Crippen LogP contribution in [0.5, 0.6) is 0 Å². The first-order valence-electron chi connectivity index (χ1n) is 20.1.